The van der Waals surface area contributed by atoms with Gasteiger partial charge in [-0.25, -0.2) is 0 Å². The van der Waals surface area contributed by atoms with Gasteiger partial charge in [0.2, 0.25) is 0 Å². The van der Waals surface area contributed by atoms with E-state index >= 15 is 0 Å². The molecule has 0 fully saturated rings. The summed E-state index contributed by atoms with van der Waals surface area (Å²) in [6, 6.07) is 5.69. The molecule has 2 rings (SSSR count). The van der Waals surface area contributed by atoms with Crippen LogP contribution in [-0.4, -0.2) is 25.8 Å². The zero-order valence-corrected chi connectivity index (χ0v) is 10.8. The van der Waals surface area contributed by atoms with Crippen molar-refractivity contribution in [2.45, 2.75) is 17.0 Å². The van der Waals surface area contributed by atoms with Crippen LogP contribution in [0.3, 0.4) is 0 Å². The highest BCUT2D eigenvalue weighted by Crippen LogP contribution is 2.26. The standard InChI is InChI=1S/C11H13N5OS/c1-7-5-8(3-4-9(7)10(12)15-17)18-11-14-13-6-16(11)2/h3-6,17H,1-2H3,(H2,12,15). The van der Waals surface area contributed by atoms with Gasteiger partial charge in [0.1, 0.15) is 6.33 Å². The van der Waals surface area contributed by atoms with Crippen LogP contribution >= 0.6 is 11.8 Å². The molecule has 1 aromatic carbocycles. The van der Waals surface area contributed by atoms with E-state index in [0.717, 1.165) is 21.2 Å². The Bertz CT molecular complexity index is 593. The second-order valence-electron chi connectivity index (χ2n) is 3.79. The summed E-state index contributed by atoms with van der Waals surface area (Å²) in [4.78, 5) is 1.03. The number of oxime groups is 1. The molecule has 2 aromatic rings. The maximum Gasteiger partial charge on any atom is 0.195 e. The van der Waals surface area contributed by atoms with Crippen LogP contribution in [0.2, 0.25) is 0 Å². The topological polar surface area (TPSA) is 89.3 Å². The molecule has 7 heteroatoms. The molecule has 0 aliphatic heterocycles. The lowest BCUT2D eigenvalue weighted by atomic mass is 10.1. The van der Waals surface area contributed by atoms with Crippen molar-refractivity contribution in [2.24, 2.45) is 17.9 Å². The van der Waals surface area contributed by atoms with Crippen molar-refractivity contribution < 1.29 is 5.21 Å². The van der Waals surface area contributed by atoms with Crippen molar-refractivity contribution in [2.75, 3.05) is 0 Å². The first-order valence-electron chi connectivity index (χ1n) is 5.22. The molecule has 0 radical (unpaired) electrons. The molecule has 3 N–H and O–H groups in total. The summed E-state index contributed by atoms with van der Waals surface area (Å²) in [5.41, 5.74) is 7.24. The number of benzene rings is 1. The van der Waals surface area contributed by atoms with Gasteiger partial charge in [-0.2, -0.15) is 0 Å². The van der Waals surface area contributed by atoms with Crippen molar-refractivity contribution in [3.63, 3.8) is 0 Å². The molecular weight excluding hydrogens is 250 g/mol. The van der Waals surface area contributed by atoms with Crippen LogP contribution in [0, 0.1) is 6.92 Å². The van der Waals surface area contributed by atoms with Crippen LogP contribution in [0.5, 0.6) is 0 Å². The molecule has 0 amide bonds. The first-order valence-corrected chi connectivity index (χ1v) is 6.04. The highest BCUT2D eigenvalue weighted by Gasteiger charge is 2.07. The van der Waals surface area contributed by atoms with E-state index < -0.39 is 0 Å². The molecular formula is C11H13N5OS. The zero-order chi connectivity index (χ0) is 13.1. The number of amidine groups is 1. The normalized spacial score (nSPS) is 11.8. The van der Waals surface area contributed by atoms with Gasteiger partial charge in [0.05, 0.1) is 0 Å². The first-order chi connectivity index (χ1) is 8.61. The Balaban J connectivity index is 2.27. The number of hydrogen-bond acceptors (Lipinski definition) is 5. The highest BCUT2D eigenvalue weighted by molar-refractivity contribution is 7.99. The Labute approximate surface area is 109 Å². The number of nitrogens with zero attached hydrogens (tertiary/aromatic N) is 4. The zero-order valence-electron chi connectivity index (χ0n) is 10.0. The average Bonchev–Trinajstić information content (AvgIpc) is 2.74. The fourth-order valence-corrected chi connectivity index (χ4v) is 2.37. The van der Waals surface area contributed by atoms with Crippen LogP contribution in [0.25, 0.3) is 0 Å². The fourth-order valence-electron chi connectivity index (χ4n) is 1.51. The SMILES string of the molecule is Cc1cc(Sc2nncn2C)ccc1/C(N)=N/O. The van der Waals surface area contributed by atoms with Gasteiger partial charge < -0.3 is 15.5 Å². The summed E-state index contributed by atoms with van der Waals surface area (Å²) in [5, 5.41) is 20.3. The van der Waals surface area contributed by atoms with Gasteiger partial charge >= 0.3 is 0 Å². The third-order valence-corrected chi connectivity index (χ3v) is 3.50. The molecule has 0 saturated heterocycles. The largest absolute Gasteiger partial charge is 0.409 e. The molecule has 0 aliphatic carbocycles. The van der Waals surface area contributed by atoms with Gasteiger partial charge in [0.25, 0.3) is 0 Å². The van der Waals surface area contributed by atoms with Crippen LogP contribution in [-0.2, 0) is 7.05 Å². The Morgan fingerprint density at radius 1 is 1.50 bits per heavy atom. The Morgan fingerprint density at radius 2 is 2.28 bits per heavy atom. The Morgan fingerprint density at radius 3 is 2.83 bits per heavy atom. The minimum absolute atomic E-state index is 0.114. The summed E-state index contributed by atoms with van der Waals surface area (Å²) in [7, 11) is 1.89. The Hall–Kier alpha value is -2.02. The van der Waals surface area contributed by atoms with Crippen LogP contribution in [0.4, 0.5) is 0 Å². The van der Waals surface area contributed by atoms with Gasteiger partial charge in [-0.1, -0.05) is 5.16 Å². The van der Waals surface area contributed by atoms with E-state index in [1.54, 1.807) is 6.33 Å². The lowest BCUT2D eigenvalue weighted by Crippen LogP contribution is -2.14. The highest BCUT2D eigenvalue weighted by atomic mass is 32.2. The molecule has 0 spiro atoms. The van der Waals surface area contributed by atoms with Gasteiger partial charge in [-0.05, 0) is 42.4 Å². The lowest BCUT2D eigenvalue weighted by molar-refractivity contribution is 0.318. The van der Waals surface area contributed by atoms with E-state index in [9.17, 15) is 0 Å². The lowest BCUT2D eigenvalue weighted by Gasteiger charge is -2.06. The minimum Gasteiger partial charge on any atom is -0.409 e. The van der Waals surface area contributed by atoms with E-state index in [-0.39, 0.29) is 5.84 Å². The van der Waals surface area contributed by atoms with Crippen molar-refractivity contribution in [3.05, 3.63) is 35.7 Å². The van der Waals surface area contributed by atoms with Crippen molar-refractivity contribution >= 4 is 17.6 Å². The molecule has 18 heavy (non-hydrogen) atoms. The third kappa shape index (κ3) is 2.45. The molecule has 0 atom stereocenters. The summed E-state index contributed by atoms with van der Waals surface area (Å²) in [5.74, 6) is 0.114. The maximum atomic E-state index is 8.66. The van der Waals surface area contributed by atoms with Gasteiger partial charge in [0, 0.05) is 17.5 Å². The molecule has 0 bridgehead atoms. The van der Waals surface area contributed by atoms with E-state index in [0.29, 0.717) is 0 Å². The van der Waals surface area contributed by atoms with Gasteiger partial charge in [0.15, 0.2) is 11.0 Å². The van der Waals surface area contributed by atoms with Crippen molar-refractivity contribution in [3.8, 4) is 0 Å². The predicted octanol–water partition coefficient (Wildman–Crippen LogP) is 1.37. The average molecular weight is 263 g/mol. The Kier molecular flexibility index (Phi) is 3.52. The summed E-state index contributed by atoms with van der Waals surface area (Å²) < 4.78 is 1.84. The summed E-state index contributed by atoms with van der Waals surface area (Å²) in [6.07, 6.45) is 1.65. The molecule has 94 valence electrons. The number of hydrogen-bond donors (Lipinski definition) is 2. The molecule has 6 nitrogen and oxygen atoms in total. The van der Waals surface area contributed by atoms with Crippen molar-refractivity contribution in [1.82, 2.24) is 14.8 Å². The smallest absolute Gasteiger partial charge is 0.195 e. The predicted molar refractivity (Wildman–Crippen MR) is 68.8 cm³/mol. The van der Waals surface area contributed by atoms with Crippen LogP contribution in [0.15, 0.2) is 39.7 Å². The molecule has 0 saturated carbocycles. The van der Waals surface area contributed by atoms with E-state index in [2.05, 4.69) is 15.4 Å². The molecule has 0 unspecified atom stereocenters. The first kappa shape index (κ1) is 12.4. The number of aromatic nitrogens is 3. The van der Waals surface area contributed by atoms with E-state index in [1.165, 1.54) is 11.8 Å². The summed E-state index contributed by atoms with van der Waals surface area (Å²) >= 11 is 1.51. The number of aryl methyl sites for hydroxylation is 2. The number of nitrogens with two attached hydrogens (primary N) is 1. The van der Waals surface area contributed by atoms with E-state index in [4.69, 9.17) is 10.9 Å². The van der Waals surface area contributed by atoms with Gasteiger partial charge in [-0.15, -0.1) is 10.2 Å². The monoisotopic (exact) mass is 263 g/mol. The van der Waals surface area contributed by atoms with Crippen LogP contribution in [0.1, 0.15) is 11.1 Å². The third-order valence-electron chi connectivity index (χ3n) is 2.46. The number of rotatable bonds is 3. The quantitative estimate of drug-likeness (QED) is 0.378. The second kappa shape index (κ2) is 5.09. The molecule has 1 heterocycles. The van der Waals surface area contributed by atoms with Gasteiger partial charge in [-0.3, -0.25) is 0 Å². The van der Waals surface area contributed by atoms with E-state index in [1.807, 2.05) is 36.7 Å². The fraction of sp³-hybridized carbons (Fsp3) is 0.182. The minimum atomic E-state index is 0.114. The molecule has 1 aromatic heterocycles. The maximum absolute atomic E-state index is 8.66. The van der Waals surface area contributed by atoms with Crippen molar-refractivity contribution in [1.29, 1.82) is 0 Å². The second-order valence-corrected chi connectivity index (χ2v) is 4.83. The van der Waals surface area contributed by atoms with Crippen LogP contribution < -0.4 is 5.73 Å². The molecule has 0 aliphatic rings. The summed E-state index contributed by atoms with van der Waals surface area (Å²) in [6.45, 7) is 1.91.